The molecule has 1 atom stereocenters. The van der Waals surface area contributed by atoms with E-state index in [4.69, 9.17) is 5.11 Å². The summed E-state index contributed by atoms with van der Waals surface area (Å²) >= 11 is 0. The number of phenols is 1. The summed E-state index contributed by atoms with van der Waals surface area (Å²) in [4.78, 5) is 18.1. The van der Waals surface area contributed by atoms with Crippen LogP contribution in [0.25, 0.3) is 11.0 Å². The van der Waals surface area contributed by atoms with Gasteiger partial charge in [0.05, 0.1) is 11.0 Å². The van der Waals surface area contributed by atoms with Gasteiger partial charge in [0.2, 0.25) is 0 Å². The molecule has 0 spiro atoms. The van der Waals surface area contributed by atoms with Crippen molar-refractivity contribution in [2.24, 2.45) is 0 Å². The Labute approximate surface area is 91.8 Å². The number of aromatic amines is 1. The molecule has 84 valence electrons. The lowest BCUT2D eigenvalue weighted by Gasteiger charge is -2.04. The van der Waals surface area contributed by atoms with Crippen LogP contribution in [0.15, 0.2) is 18.2 Å². The van der Waals surface area contributed by atoms with Crippen LogP contribution >= 0.6 is 0 Å². The maximum absolute atomic E-state index is 11.0. The third-order valence-corrected chi connectivity index (χ3v) is 2.52. The van der Waals surface area contributed by atoms with E-state index in [2.05, 4.69) is 9.97 Å². The maximum atomic E-state index is 11.0. The molecule has 5 heteroatoms. The fraction of sp³-hybridized carbons (Fsp3) is 0.273. The molecule has 1 aromatic carbocycles. The number of imidazole rings is 1. The van der Waals surface area contributed by atoms with Gasteiger partial charge in [0.25, 0.3) is 0 Å². The first-order chi connectivity index (χ1) is 7.61. The van der Waals surface area contributed by atoms with E-state index in [1.54, 1.807) is 13.0 Å². The minimum absolute atomic E-state index is 0.131. The van der Waals surface area contributed by atoms with Crippen LogP contribution in [0, 0.1) is 0 Å². The quantitative estimate of drug-likeness (QED) is 0.736. The second-order valence-electron chi connectivity index (χ2n) is 3.62. The third-order valence-electron chi connectivity index (χ3n) is 2.52. The number of phenolic OH excluding ortho intramolecular Hbond substituents is 1. The molecule has 16 heavy (non-hydrogen) atoms. The van der Waals surface area contributed by atoms with Crippen LogP contribution < -0.4 is 0 Å². The smallest absolute Gasteiger partial charge is 0.314 e. The standard InChI is InChI=1S/C11H12N2O3/c1-2-7(11(15)16)10-12-8-4-3-6(14)5-9(8)13-10/h3-5,7,14H,2H2,1H3,(H,12,13)(H,15,16). The van der Waals surface area contributed by atoms with Crippen molar-refractivity contribution < 1.29 is 15.0 Å². The number of nitrogens with zero attached hydrogens (tertiary/aromatic N) is 1. The summed E-state index contributed by atoms with van der Waals surface area (Å²) in [6.07, 6.45) is 0.473. The Morgan fingerprint density at radius 2 is 2.31 bits per heavy atom. The van der Waals surface area contributed by atoms with E-state index in [-0.39, 0.29) is 5.75 Å². The number of carbonyl (C=O) groups is 1. The third kappa shape index (κ3) is 1.71. The molecule has 0 amide bonds. The number of H-pyrrole nitrogens is 1. The zero-order valence-corrected chi connectivity index (χ0v) is 8.77. The first-order valence-corrected chi connectivity index (χ1v) is 5.03. The van der Waals surface area contributed by atoms with Crippen molar-refractivity contribution in [1.82, 2.24) is 9.97 Å². The summed E-state index contributed by atoms with van der Waals surface area (Å²) in [5.74, 6) is -0.970. The van der Waals surface area contributed by atoms with E-state index in [0.717, 1.165) is 0 Å². The van der Waals surface area contributed by atoms with Gasteiger partial charge in [-0.2, -0.15) is 0 Å². The Morgan fingerprint density at radius 3 is 2.94 bits per heavy atom. The molecule has 1 unspecified atom stereocenters. The van der Waals surface area contributed by atoms with Crippen LogP contribution in [-0.2, 0) is 4.79 Å². The van der Waals surface area contributed by atoms with Crippen molar-refractivity contribution in [2.45, 2.75) is 19.3 Å². The van der Waals surface area contributed by atoms with E-state index < -0.39 is 11.9 Å². The van der Waals surface area contributed by atoms with E-state index in [1.807, 2.05) is 0 Å². The molecule has 2 rings (SSSR count). The molecule has 0 radical (unpaired) electrons. The Hall–Kier alpha value is -2.04. The number of carboxylic acids is 1. The predicted octanol–water partition coefficient (Wildman–Crippen LogP) is 1.85. The SMILES string of the molecule is CCC(C(=O)O)c1nc2ccc(O)cc2[nH]1. The zero-order valence-electron chi connectivity index (χ0n) is 8.77. The largest absolute Gasteiger partial charge is 0.508 e. The number of hydrogen-bond acceptors (Lipinski definition) is 3. The van der Waals surface area contributed by atoms with Gasteiger partial charge in [-0.15, -0.1) is 0 Å². The molecule has 0 aliphatic heterocycles. The van der Waals surface area contributed by atoms with Crippen LogP contribution in [-0.4, -0.2) is 26.2 Å². The van der Waals surface area contributed by atoms with Gasteiger partial charge in [0.15, 0.2) is 0 Å². The van der Waals surface area contributed by atoms with Gasteiger partial charge in [0, 0.05) is 6.07 Å². The van der Waals surface area contributed by atoms with E-state index in [1.165, 1.54) is 12.1 Å². The van der Waals surface area contributed by atoms with E-state index in [9.17, 15) is 9.90 Å². The van der Waals surface area contributed by atoms with Crippen molar-refractivity contribution in [2.75, 3.05) is 0 Å². The summed E-state index contributed by atoms with van der Waals surface area (Å²) in [5, 5.41) is 18.3. The first kappa shape index (κ1) is 10.5. The molecule has 0 fully saturated rings. The average molecular weight is 220 g/mol. The molecular weight excluding hydrogens is 208 g/mol. The second kappa shape index (κ2) is 3.84. The van der Waals surface area contributed by atoms with Gasteiger partial charge in [-0.3, -0.25) is 4.79 Å². The van der Waals surface area contributed by atoms with Crippen LogP contribution in [0.2, 0.25) is 0 Å². The summed E-state index contributed by atoms with van der Waals surface area (Å²) in [6.45, 7) is 1.80. The summed E-state index contributed by atoms with van der Waals surface area (Å²) < 4.78 is 0. The fourth-order valence-corrected chi connectivity index (χ4v) is 1.67. The number of nitrogens with one attached hydrogen (secondary N) is 1. The van der Waals surface area contributed by atoms with E-state index >= 15 is 0 Å². The molecule has 0 aliphatic carbocycles. The van der Waals surface area contributed by atoms with Crippen LogP contribution in [0.5, 0.6) is 5.75 Å². The van der Waals surface area contributed by atoms with E-state index in [0.29, 0.717) is 23.3 Å². The minimum atomic E-state index is -0.897. The second-order valence-corrected chi connectivity index (χ2v) is 3.62. The van der Waals surface area contributed by atoms with Crippen molar-refractivity contribution in [3.05, 3.63) is 24.0 Å². The van der Waals surface area contributed by atoms with Crippen LogP contribution in [0.1, 0.15) is 25.1 Å². The van der Waals surface area contributed by atoms with Gasteiger partial charge in [-0.1, -0.05) is 6.92 Å². The van der Waals surface area contributed by atoms with Crippen LogP contribution in [0.3, 0.4) is 0 Å². The fourth-order valence-electron chi connectivity index (χ4n) is 1.67. The molecule has 0 aliphatic rings. The average Bonchev–Trinajstić information content (AvgIpc) is 2.60. The molecule has 0 saturated heterocycles. The number of rotatable bonds is 3. The molecule has 1 heterocycles. The lowest BCUT2D eigenvalue weighted by Crippen LogP contribution is -2.11. The lowest BCUT2D eigenvalue weighted by molar-refractivity contribution is -0.139. The van der Waals surface area contributed by atoms with Crippen molar-refractivity contribution >= 4 is 17.0 Å². The maximum Gasteiger partial charge on any atom is 0.314 e. The minimum Gasteiger partial charge on any atom is -0.508 e. The molecule has 1 aromatic heterocycles. The Kier molecular flexibility index (Phi) is 2.52. The monoisotopic (exact) mass is 220 g/mol. The van der Waals surface area contributed by atoms with Gasteiger partial charge in [-0.05, 0) is 18.6 Å². The Balaban J connectivity index is 2.49. The number of carboxylic acid groups (broad SMARTS) is 1. The first-order valence-electron chi connectivity index (χ1n) is 5.03. The van der Waals surface area contributed by atoms with Crippen molar-refractivity contribution in [3.8, 4) is 5.75 Å². The molecule has 2 aromatic rings. The molecule has 0 bridgehead atoms. The van der Waals surface area contributed by atoms with Crippen molar-refractivity contribution in [1.29, 1.82) is 0 Å². The Bertz CT molecular complexity index is 533. The summed E-state index contributed by atoms with van der Waals surface area (Å²) in [6, 6.07) is 4.70. The Morgan fingerprint density at radius 1 is 1.56 bits per heavy atom. The number of aromatic hydroxyl groups is 1. The normalized spacial score (nSPS) is 12.8. The van der Waals surface area contributed by atoms with Gasteiger partial charge in [0.1, 0.15) is 17.5 Å². The highest BCUT2D eigenvalue weighted by Crippen LogP contribution is 2.23. The number of benzene rings is 1. The summed E-state index contributed by atoms with van der Waals surface area (Å²) in [7, 11) is 0. The topological polar surface area (TPSA) is 86.2 Å². The molecule has 5 nitrogen and oxygen atoms in total. The predicted molar refractivity (Wildman–Crippen MR) is 58.4 cm³/mol. The molecule has 0 saturated carbocycles. The van der Waals surface area contributed by atoms with Gasteiger partial charge < -0.3 is 15.2 Å². The molecule has 3 N–H and O–H groups in total. The highest BCUT2D eigenvalue weighted by Gasteiger charge is 2.21. The van der Waals surface area contributed by atoms with Crippen LogP contribution in [0.4, 0.5) is 0 Å². The highest BCUT2D eigenvalue weighted by atomic mass is 16.4. The number of aliphatic carboxylic acids is 1. The van der Waals surface area contributed by atoms with Gasteiger partial charge >= 0.3 is 5.97 Å². The zero-order chi connectivity index (χ0) is 11.7. The van der Waals surface area contributed by atoms with Crippen molar-refractivity contribution in [3.63, 3.8) is 0 Å². The lowest BCUT2D eigenvalue weighted by atomic mass is 10.1. The highest BCUT2D eigenvalue weighted by molar-refractivity contribution is 5.80. The number of fused-ring (bicyclic) bond motifs is 1. The molecular formula is C11H12N2O3. The number of aromatic nitrogens is 2. The summed E-state index contributed by atoms with van der Waals surface area (Å²) in [5.41, 5.74) is 1.31. The van der Waals surface area contributed by atoms with Gasteiger partial charge in [-0.25, -0.2) is 4.98 Å². The number of hydrogen-bond donors (Lipinski definition) is 3.